The Morgan fingerprint density at radius 2 is 2.00 bits per heavy atom. The lowest BCUT2D eigenvalue weighted by Crippen LogP contribution is -2.35. The lowest BCUT2D eigenvalue weighted by molar-refractivity contribution is 0.360. The Hall–Kier alpha value is -1.14. The molecule has 1 atom stereocenters. The highest BCUT2D eigenvalue weighted by Crippen LogP contribution is 2.26. The van der Waals surface area contributed by atoms with E-state index in [1.165, 1.54) is 16.4 Å². The van der Waals surface area contributed by atoms with Gasteiger partial charge >= 0.3 is 0 Å². The van der Waals surface area contributed by atoms with Crippen molar-refractivity contribution in [1.82, 2.24) is 4.31 Å². The smallest absolute Gasteiger partial charge is 0.248 e. The Labute approximate surface area is 114 Å². The molecule has 0 saturated carbocycles. The molecule has 0 aliphatic rings. The minimum Gasteiger partial charge on any atom is -0.398 e. The number of nitrogen functional groups attached to an aromatic ring is 1. The molecule has 1 unspecified atom stereocenters. The van der Waals surface area contributed by atoms with Crippen LogP contribution in [0.3, 0.4) is 0 Å². The van der Waals surface area contributed by atoms with Crippen molar-refractivity contribution in [3.05, 3.63) is 24.0 Å². The maximum Gasteiger partial charge on any atom is 0.248 e. The van der Waals surface area contributed by atoms with Gasteiger partial charge in [0.1, 0.15) is 10.7 Å². The van der Waals surface area contributed by atoms with Crippen LogP contribution >= 0.6 is 0 Å². The molecular weight excluding hydrogens is 267 g/mol. The van der Waals surface area contributed by atoms with Gasteiger partial charge in [0.2, 0.25) is 10.0 Å². The fourth-order valence-corrected chi connectivity index (χ4v) is 3.53. The van der Waals surface area contributed by atoms with E-state index in [0.717, 1.165) is 12.5 Å². The number of nitrogens with two attached hydrogens (primary N) is 1. The van der Waals surface area contributed by atoms with Crippen LogP contribution in [0.4, 0.5) is 10.1 Å². The van der Waals surface area contributed by atoms with Crippen LogP contribution < -0.4 is 5.73 Å². The normalized spacial score (nSPS) is 13.7. The van der Waals surface area contributed by atoms with E-state index < -0.39 is 20.7 Å². The van der Waals surface area contributed by atoms with E-state index in [9.17, 15) is 12.8 Å². The molecule has 19 heavy (non-hydrogen) atoms. The predicted molar refractivity (Wildman–Crippen MR) is 74.7 cm³/mol. The first kappa shape index (κ1) is 15.9. The summed E-state index contributed by atoms with van der Waals surface area (Å²) in [7, 11) is -3.88. The number of anilines is 1. The topological polar surface area (TPSA) is 63.4 Å². The summed E-state index contributed by atoms with van der Waals surface area (Å²) in [5.74, 6) is -0.592. The fraction of sp³-hybridized carbons (Fsp3) is 0.538. The number of benzene rings is 1. The molecule has 0 heterocycles. The molecule has 0 radical (unpaired) electrons. The quantitative estimate of drug-likeness (QED) is 0.818. The molecule has 0 fully saturated rings. The van der Waals surface area contributed by atoms with Crippen molar-refractivity contribution in [3.63, 3.8) is 0 Å². The van der Waals surface area contributed by atoms with Crippen LogP contribution in [0.15, 0.2) is 23.1 Å². The van der Waals surface area contributed by atoms with Gasteiger partial charge in [-0.1, -0.05) is 33.3 Å². The average molecular weight is 288 g/mol. The second kappa shape index (κ2) is 6.34. The molecule has 0 aromatic heterocycles. The lowest BCUT2D eigenvalue weighted by atomic mass is 10.1. The standard InChI is InChI=1S/C13H21FN2O2S/c1-4-10(3)9-16(5-2)19(17,18)13-11(14)7-6-8-12(13)15/h6-8,10H,4-5,9,15H2,1-3H3. The summed E-state index contributed by atoms with van der Waals surface area (Å²) < 4.78 is 40.0. The Balaban J connectivity index is 3.21. The maximum atomic E-state index is 13.8. The minimum atomic E-state index is -3.88. The average Bonchev–Trinajstić information content (AvgIpc) is 2.34. The first-order chi connectivity index (χ1) is 8.84. The third-order valence-corrected chi connectivity index (χ3v) is 5.19. The van der Waals surface area contributed by atoms with Crippen LogP contribution in [0.5, 0.6) is 0 Å². The number of hydrogen-bond donors (Lipinski definition) is 1. The number of halogens is 1. The van der Waals surface area contributed by atoms with E-state index in [0.29, 0.717) is 13.1 Å². The summed E-state index contributed by atoms with van der Waals surface area (Å²) >= 11 is 0. The number of rotatable bonds is 6. The van der Waals surface area contributed by atoms with Gasteiger partial charge in [0.25, 0.3) is 0 Å². The third kappa shape index (κ3) is 3.45. The molecule has 108 valence electrons. The van der Waals surface area contributed by atoms with Gasteiger partial charge in [-0.15, -0.1) is 0 Å². The first-order valence-corrected chi connectivity index (χ1v) is 7.82. The number of sulfonamides is 1. The van der Waals surface area contributed by atoms with Crippen molar-refractivity contribution in [1.29, 1.82) is 0 Å². The molecule has 4 nitrogen and oxygen atoms in total. The second-order valence-electron chi connectivity index (χ2n) is 4.63. The molecule has 1 rings (SSSR count). The highest BCUT2D eigenvalue weighted by atomic mass is 32.2. The summed E-state index contributed by atoms with van der Waals surface area (Å²) in [5, 5.41) is 0. The van der Waals surface area contributed by atoms with Crippen molar-refractivity contribution in [2.45, 2.75) is 32.1 Å². The summed E-state index contributed by atoms with van der Waals surface area (Å²) in [4.78, 5) is -0.417. The molecule has 2 N–H and O–H groups in total. The van der Waals surface area contributed by atoms with Gasteiger partial charge in [-0.2, -0.15) is 4.31 Å². The van der Waals surface area contributed by atoms with Gasteiger partial charge in [0.05, 0.1) is 5.69 Å². The van der Waals surface area contributed by atoms with Gasteiger partial charge in [-0.3, -0.25) is 0 Å². The highest BCUT2D eigenvalue weighted by molar-refractivity contribution is 7.89. The zero-order valence-corrected chi connectivity index (χ0v) is 12.4. The zero-order valence-electron chi connectivity index (χ0n) is 11.6. The van der Waals surface area contributed by atoms with E-state index >= 15 is 0 Å². The first-order valence-electron chi connectivity index (χ1n) is 6.38. The summed E-state index contributed by atoms with van der Waals surface area (Å²) in [6.45, 7) is 6.34. The molecule has 0 saturated heterocycles. The SMILES string of the molecule is CCC(C)CN(CC)S(=O)(=O)c1c(N)cccc1F. The molecule has 1 aromatic rings. The van der Waals surface area contributed by atoms with E-state index in [4.69, 9.17) is 5.73 Å². The molecule has 1 aromatic carbocycles. The van der Waals surface area contributed by atoms with Gasteiger partial charge in [-0.25, -0.2) is 12.8 Å². The molecule has 0 amide bonds. The molecule has 6 heteroatoms. The Morgan fingerprint density at radius 3 is 2.47 bits per heavy atom. The zero-order chi connectivity index (χ0) is 14.6. The number of nitrogens with zero attached hydrogens (tertiary/aromatic N) is 1. The second-order valence-corrected chi connectivity index (χ2v) is 6.50. The van der Waals surface area contributed by atoms with Crippen LogP contribution in [0.2, 0.25) is 0 Å². The lowest BCUT2D eigenvalue weighted by Gasteiger charge is -2.24. The van der Waals surface area contributed by atoms with Gasteiger partial charge < -0.3 is 5.73 Å². The largest absolute Gasteiger partial charge is 0.398 e. The fourth-order valence-electron chi connectivity index (χ4n) is 1.80. The van der Waals surface area contributed by atoms with Gasteiger partial charge in [0.15, 0.2) is 0 Å². The maximum absolute atomic E-state index is 13.8. The van der Waals surface area contributed by atoms with Crippen LogP contribution in [0.1, 0.15) is 27.2 Å². The van der Waals surface area contributed by atoms with E-state index in [1.807, 2.05) is 13.8 Å². The van der Waals surface area contributed by atoms with Crippen molar-refractivity contribution >= 4 is 15.7 Å². The van der Waals surface area contributed by atoms with Crippen LogP contribution in [0.25, 0.3) is 0 Å². The monoisotopic (exact) mass is 288 g/mol. The van der Waals surface area contributed by atoms with Crippen LogP contribution in [0, 0.1) is 11.7 Å². The van der Waals surface area contributed by atoms with Gasteiger partial charge in [-0.05, 0) is 18.1 Å². The van der Waals surface area contributed by atoms with Crippen molar-refractivity contribution in [3.8, 4) is 0 Å². The van der Waals surface area contributed by atoms with E-state index in [2.05, 4.69) is 0 Å². The summed E-state index contributed by atoms with van der Waals surface area (Å²) in [6.07, 6.45) is 0.860. The molecular formula is C13H21FN2O2S. The van der Waals surface area contributed by atoms with Crippen molar-refractivity contribution in [2.24, 2.45) is 5.92 Å². The highest BCUT2D eigenvalue weighted by Gasteiger charge is 2.29. The van der Waals surface area contributed by atoms with Crippen molar-refractivity contribution < 1.29 is 12.8 Å². The number of hydrogen-bond acceptors (Lipinski definition) is 3. The van der Waals surface area contributed by atoms with Gasteiger partial charge in [0, 0.05) is 13.1 Å². The van der Waals surface area contributed by atoms with Crippen LogP contribution in [-0.4, -0.2) is 25.8 Å². The van der Waals surface area contributed by atoms with E-state index in [1.54, 1.807) is 6.92 Å². The molecule has 0 spiro atoms. The van der Waals surface area contributed by atoms with E-state index in [-0.39, 0.29) is 11.6 Å². The van der Waals surface area contributed by atoms with Crippen LogP contribution in [-0.2, 0) is 10.0 Å². The summed E-state index contributed by atoms with van der Waals surface area (Å²) in [6, 6.07) is 3.90. The third-order valence-electron chi connectivity index (χ3n) is 3.16. The Bertz CT molecular complexity index is 511. The summed E-state index contributed by atoms with van der Waals surface area (Å²) in [5.41, 5.74) is 5.56. The van der Waals surface area contributed by atoms with Crippen molar-refractivity contribution in [2.75, 3.05) is 18.8 Å². The predicted octanol–water partition coefficient (Wildman–Crippen LogP) is 2.46. The minimum absolute atomic E-state index is 0.0531. The molecule has 0 bridgehead atoms. The molecule has 0 aliphatic heterocycles. The Kier molecular flexibility index (Phi) is 5.31. The Morgan fingerprint density at radius 1 is 1.37 bits per heavy atom. The molecule has 0 aliphatic carbocycles.